The van der Waals surface area contributed by atoms with Crippen LogP contribution in [0.2, 0.25) is 0 Å². The number of aryl methyl sites for hydroxylation is 2. The predicted molar refractivity (Wildman–Crippen MR) is 126 cm³/mol. The van der Waals surface area contributed by atoms with Gasteiger partial charge in [-0.05, 0) is 77.8 Å². The summed E-state index contributed by atoms with van der Waals surface area (Å²) in [6.07, 6.45) is 1.00. The van der Waals surface area contributed by atoms with Crippen molar-refractivity contribution in [2.24, 2.45) is 5.41 Å². The molecule has 0 heterocycles. The molecule has 0 aromatic heterocycles. The molecule has 5 heteroatoms. The first-order valence-electron chi connectivity index (χ1n) is 11.0. The molecular formula is C27H28N2O3. The number of rotatable bonds is 4. The Hall–Kier alpha value is -3.15. The second-order valence-corrected chi connectivity index (χ2v) is 9.72. The van der Waals surface area contributed by atoms with Gasteiger partial charge in [-0.25, -0.2) is 0 Å². The summed E-state index contributed by atoms with van der Waals surface area (Å²) < 4.78 is 0. The van der Waals surface area contributed by atoms with Crippen molar-refractivity contribution < 1.29 is 15.0 Å². The Labute approximate surface area is 187 Å². The van der Waals surface area contributed by atoms with E-state index in [9.17, 15) is 15.0 Å². The summed E-state index contributed by atoms with van der Waals surface area (Å²) in [5.74, 6) is -0.0469. The van der Waals surface area contributed by atoms with E-state index in [0.717, 1.165) is 35.3 Å². The Balaban J connectivity index is 1.46. The summed E-state index contributed by atoms with van der Waals surface area (Å²) in [6, 6.07) is 18.9. The number of aliphatic hydroxyl groups is 2. The first-order valence-corrected chi connectivity index (χ1v) is 11.0. The van der Waals surface area contributed by atoms with Gasteiger partial charge >= 0.3 is 0 Å². The predicted octanol–water partition coefficient (Wildman–Crippen LogP) is 4.54. The van der Waals surface area contributed by atoms with E-state index in [4.69, 9.17) is 5.73 Å². The van der Waals surface area contributed by atoms with Crippen LogP contribution < -0.4 is 11.1 Å². The van der Waals surface area contributed by atoms with Crippen LogP contribution in [0, 0.1) is 5.41 Å². The van der Waals surface area contributed by atoms with E-state index >= 15 is 0 Å². The number of hydrogen-bond donors (Lipinski definition) is 4. The Bertz CT molecular complexity index is 1230. The van der Waals surface area contributed by atoms with Gasteiger partial charge in [-0.1, -0.05) is 38.1 Å². The van der Waals surface area contributed by atoms with Gasteiger partial charge in [0.2, 0.25) is 0 Å². The van der Waals surface area contributed by atoms with Crippen molar-refractivity contribution in [1.82, 2.24) is 0 Å². The number of hydrogen-bond acceptors (Lipinski definition) is 5. The third-order valence-electron chi connectivity index (χ3n) is 7.16. The first kappa shape index (κ1) is 20.7. The van der Waals surface area contributed by atoms with Gasteiger partial charge in [0.05, 0.1) is 11.4 Å². The number of ketones is 1. The molecule has 1 saturated carbocycles. The summed E-state index contributed by atoms with van der Waals surface area (Å²) in [5.41, 5.74) is 10.8. The third kappa shape index (κ3) is 3.29. The number of nitrogens with one attached hydrogen (secondary N) is 1. The molecule has 0 aliphatic heterocycles. The zero-order chi connectivity index (χ0) is 22.7. The Kier molecular flexibility index (Phi) is 4.66. The van der Waals surface area contributed by atoms with Crippen LogP contribution in [0.25, 0.3) is 0 Å². The molecule has 0 amide bonds. The van der Waals surface area contributed by atoms with Crippen LogP contribution in [-0.4, -0.2) is 21.6 Å². The summed E-state index contributed by atoms with van der Waals surface area (Å²) in [4.78, 5) is 13.4. The molecule has 32 heavy (non-hydrogen) atoms. The van der Waals surface area contributed by atoms with E-state index in [1.807, 2.05) is 68.4 Å². The van der Waals surface area contributed by atoms with Crippen molar-refractivity contribution in [3.8, 4) is 0 Å². The number of nitrogens with two attached hydrogens (primary N) is 1. The fourth-order valence-corrected chi connectivity index (χ4v) is 4.85. The summed E-state index contributed by atoms with van der Waals surface area (Å²) in [6.45, 7) is 3.88. The van der Waals surface area contributed by atoms with Crippen molar-refractivity contribution >= 4 is 22.8 Å². The van der Waals surface area contributed by atoms with Gasteiger partial charge in [-0.15, -0.1) is 0 Å². The average Bonchev–Trinajstić information content (AvgIpc) is 3.35. The molecule has 0 radical (unpaired) electrons. The van der Waals surface area contributed by atoms with E-state index < -0.39 is 11.7 Å². The fourth-order valence-electron chi connectivity index (χ4n) is 4.85. The van der Waals surface area contributed by atoms with E-state index in [2.05, 4.69) is 5.32 Å². The van der Waals surface area contributed by atoms with Crippen molar-refractivity contribution in [2.45, 2.75) is 44.8 Å². The van der Waals surface area contributed by atoms with E-state index in [1.54, 1.807) is 6.07 Å². The molecule has 0 spiro atoms. The lowest BCUT2D eigenvalue weighted by Gasteiger charge is -2.22. The van der Waals surface area contributed by atoms with Gasteiger partial charge in [-0.2, -0.15) is 0 Å². The van der Waals surface area contributed by atoms with Crippen LogP contribution in [0.5, 0.6) is 0 Å². The highest BCUT2D eigenvalue weighted by atomic mass is 16.3. The molecule has 164 valence electrons. The number of aliphatic hydroxyl groups excluding tert-OH is 1. The van der Waals surface area contributed by atoms with Crippen LogP contribution in [0.3, 0.4) is 0 Å². The van der Waals surface area contributed by atoms with E-state index in [1.165, 1.54) is 0 Å². The highest BCUT2D eigenvalue weighted by Crippen LogP contribution is 2.61. The molecular weight excluding hydrogens is 400 g/mol. The van der Waals surface area contributed by atoms with Gasteiger partial charge in [0.1, 0.15) is 11.7 Å². The van der Waals surface area contributed by atoms with Crippen LogP contribution in [0.1, 0.15) is 59.0 Å². The number of anilines is 3. The minimum Gasteiger partial charge on any atom is -0.397 e. The number of benzene rings is 3. The molecule has 5 N–H and O–H groups in total. The minimum atomic E-state index is -1.15. The van der Waals surface area contributed by atoms with Gasteiger partial charge in [0, 0.05) is 16.8 Å². The van der Waals surface area contributed by atoms with Crippen LogP contribution in [-0.2, 0) is 12.8 Å². The molecule has 1 fully saturated rings. The van der Waals surface area contributed by atoms with Crippen molar-refractivity contribution in [3.63, 3.8) is 0 Å². The van der Waals surface area contributed by atoms with Crippen molar-refractivity contribution in [1.29, 1.82) is 0 Å². The number of fused-ring (bicyclic) bond motifs is 2. The molecule has 3 aromatic rings. The molecule has 2 aliphatic rings. The molecule has 5 nitrogen and oxygen atoms in total. The largest absolute Gasteiger partial charge is 0.397 e. The zero-order valence-electron chi connectivity index (χ0n) is 18.4. The highest BCUT2D eigenvalue weighted by Gasteiger charge is 2.64. The van der Waals surface area contributed by atoms with Gasteiger partial charge < -0.3 is 21.3 Å². The van der Waals surface area contributed by atoms with Crippen LogP contribution in [0.4, 0.5) is 17.1 Å². The van der Waals surface area contributed by atoms with Gasteiger partial charge in [0.15, 0.2) is 5.78 Å². The molecule has 3 aromatic carbocycles. The van der Waals surface area contributed by atoms with Gasteiger partial charge in [0.25, 0.3) is 0 Å². The average molecular weight is 429 g/mol. The van der Waals surface area contributed by atoms with Crippen LogP contribution in [0.15, 0.2) is 60.7 Å². The first-order chi connectivity index (χ1) is 15.2. The van der Waals surface area contributed by atoms with Crippen molar-refractivity contribution in [3.05, 3.63) is 88.5 Å². The molecule has 1 unspecified atom stereocenters. The molecule has 5 rings (SSSR count). The van der Waals surface area contributed by atoms with E-state index in [0.29, 0.717) is 28.8 Å². The lowest BCUT2D eigenvalue weighted by atomic mass is 9.91. The molecule has 0 bridgehead atoms. The monoisotopic (exact) mass is 428 g/mol. The smallest absolute Gasteiger partial charge is 0.193 e. The Morgan fingerprint density at radius 1 is 0.969 bits per heavy atom. The maximum atomic E-state index is 13.4. The van der Waals surface area contributed by atoms with Crippen LogP contribution >= 0.6 is 0 Å². The standard InChI is InChI=1S/C27H28N2O3/c1-26(2)15-27(26,32)25(31)18-10-8-16-7-9-17-13-19(29-23-6-4-3-5-22(23)28)11-12-20(17)24(30)21(16)14-18/h3-6,8,10-14,25,29,31-32H,7,9,15,28H2,1-2H3/t25?,27-/m0/s1. The number of carbonyl (C=O) groups excluding carboxylic acids is 1. The number of carbonyl (C=O) groups is 1. The second-order valence-electron chi connectivity index (χ2n) is 9.72. The molecule has 0 saturated heterocycles. The quantitative estimate of drug-likeness (QED) is 0.458. The lowest BCUT2D eigenvalue weighted by molar-refractivity contribution is -0.0260. The Morgan fingerprint density at radius 3 is 2.41 bits per heavy atom. The number of nitrogen functional groups attached to an aromatic ring is 1. The minimum absolute atomic E-state index is 0.0469. The van der Waals surface area contributed by atoms with Crippen molar-refractivity contribution in [2.75, 3.05) is 11.1 Å². The third-order valence-corrected chi connectivity index (χ3v) is 7.16. The lowest BCUT2D eigenvalue weighted by Crippen LogP contribution is -2.26. The Morgan fingerprint density at radius 2 is 1.69 bits per heavy atom. The number of para-hydroxylation sites is 2. The summed E-state index contributed by atoms with van der Waals surface area (Å²) in [5, 5.41) is 24.9. The molecule has 2 atom stereocenters. The maximum Gasteiger partial charge on any atom is 0.193 e. The molecule has 2 aliphatic carbocycles. The SMILES string of the molecule is CC1(C)C[C@]1(O)C(O)c1ccc2c(c1)C(=O)c1ccc(Nc3ccccc3N)cc1CC2. The summed E-state index contributed by atoms with van der Waals surface area (Å²) in [7, 11) is 0. The fraction of sp³-hybridized carbons (Fsp3) is 0.296. The zero-order valence-corrected chi connectivity index (χ0v) is 18.4. The van der Waals surface area contributed by atoms with Gasteiger partial charge in [-0.3, -0.25) is 4.79 Å². The highest BCUT2D eigenvalue weighted by molar-refractivity contribution is 6.11. The topological polar surface area (TPSA) is 95.6 Å². The van der Waals surface area contributed by atoms with E-state index in [-0.39, 0.29) is 11.2 Å². The maximum absolute atomic E-state index is 13.4. The summed E-state index contributed by atoms with van der Waals surface area (Å²) >= 11 is 0. The second kappa shape index (κ2) is 7.19. The normalized spacial score (nSPS) is 21.8.